The Bertz CT molecular complexity index is 157. The van der Waals surface area contributed by atoms with E-state index in [1.807, 2.05) is 13.8 Å². The Hall–Kier alpha value is -0.100. The first-order valence-corrected chi connectivity index (χ1v) is 5.08. The molecule has 1 rings (SSSR count). The summed E-state index contributed by atoms with van der Waals surface area (Å²) in [5, 5.41) is 0. The van der Waals surface area contributed by atoms with Crippen molar-refractivity contribution in [1.29, 1.82) is 0 Å². The van der Waals surface area contributed by atoms with E-state index in [2.05, 4.69) is 23.2 Å². The number of amides is 1. The third kappa shape index (κ3) is 3.53. The van der Waals surface area contributed by atoms with Gasteiger partial charge in [-0.2, -0.15) is 0 Å². The molecule has 0 aromatic carbocycles. The van der Waals surface area contributed by atoms with E-state index in [0.717, 1.165) is 13.0 Å². The van der Waals surface area contributed by atoms with E-state index >= 15 is 0 Å². The van der Waals surface area contributed by atoms with Crippen LogP contribution in [0.3, 0.4) is 0 Å². The fourth-order valence-electron chi connectivity index (χ4n) is 1.15. The summed E-state index contributed by atoms with van der Waals surface area (Å²) in [4.78, 5) is 11.1. The smallest absolute Gasteiger partial charge is 0.225 e. The minimum atomic E-state index is 0.226. The predicted octanol–water partition coefficient (Wildman–Crippen LogP) is 2.45. The molecule has 0 N–H and O–H groups in total. The van der Waals surface area contributed by atoms with Crippen molar-refractivity contribution in [2.24, 2.45) is 5.41 Å². The van der Waals surface area contributed by atoms with Gasteiger partial charge in [-0.25, -0.2) is 0 Å². The molecule has 1 amide bonds. The summed E-state index contributed by atoms with van der Waals surface area (Å²) in [6.45, 7) is 9.17. The van der Waals surface area contributed by atoms with Crippen molar-refractivity contribution < 1.29 is 4.79 Å². The molecule has 0 aromatic rings. The van der Waals surface area contributed by atoms with E-state index in [1.165, 1.54) is 0 Å². The van der Waals surface area contributed by atoms with Gasteiger partial charge in [-0.3, -0.25) is 4.79 Å². The van der Waals surface area contributed by atoms with E-state index in [4.69, 9.17) is 0 Å². The van der Waals surface area contributed by atoms with E-state index in [0.29, 0.717) is 6.42 Å². The van der Waals surface area contributed by atoms with Gasteiger partial charge in [0.2, 0.25) is 5.91 Å². The average molecular weight is 189 g/mol. The van der Waals surface area contributed by atoms with Gasteiger partial charge in [0.05, 0.1) is 0 Å². The second kappa shape index (κ2) is 4.81. The standard InChI is InChI=1S/C7H14NOP.C2H6/c1-7(2)3-4-8(10)6(9)5-7;1-2/h3-5,10H2,1-2H3;1-2H3. The maximum atomic E-state index is 11.1. The van der Waals surface area contributed by atoms with Gasteiger partial charge < -0.3 is 4.67 Å². The van der Waals surface area contributed by atoms with Crippen LogP contribution in [0.4, 0.5) is 0 Å². The van der Waals surface area contributed by atoms with E-state index in [9.17, 15) is 4.79 Å². The van der Waals surface area contributed by atoms with Gasteiger partial charge in [0.1, 0.15) is 0 Å². The Morgan fingerprint density at radius 2 is 1.92 bits per heavy atom. The second-order valence-electron chi connectivity index (χ2n) is 3.68. The molecule has 2 nitrogen and oxygen atoms in total. The lowest BCUT2D eigenvalue weighted by Gasteiger charge is -2.33. The SMILES string of the molecule is CC.CC1(C)CCN(P)C(=O)C1. The van der Waals surface area contributed by atoms with E-state index < -0.39 is 0 Å². The minimum Gasteiger partial charge on any atom is -0.327 e. The predicted molar refractivity (Wildman–Crippen MR) is 55.8 cm³/mol. The summed E-state index contributed by atoms with van der Waals surface area (Å²) in [7, 11) is 2.46. The van der Waals surface area contributed by atoms with Crippen molar-refractivity contribution in [3.63, 3.8) is 0 Å². The molecule has 0 aromatic heterocycles. The first-order chi connectivity index (χ1) is 5.51. The zero-order chi connectivity index (χ0) is 9.78. The maximum absolute atomic E-state index is 11.1. The Kier molecular flexibility index (Phi) is 4.77. The van der Waals surface area contributed by atoms with Crippen molar-refractivity contribution in [1.82, 2.24) is 4.67 Å². The summed E-state index contributed by atoms with van der Waals surface area (Å²) < 4.78 is 1.73. The Balaban J connectivity index is 0.000000561. The largest absolute Gasteiger partial charge is 0.327 e. The lowest BCUT2D eigenvalue weighted by molar-refractivity contribution is -0.131. The van der Waals surface area contributed by atoms with Crippen LogP contribution in [-0.2, 0) is 4.79 Å². The molecule has 0 radical (unpaired) electrons. The lowest BCUT2D eigenvalue weighted by atomic mass is 9.83. The van der Waals surface area contributed by atoms with Crippen LogP contribution in [0.25, 0.3) is 0 Å². The Labute approximate surface area is 78.0 Å². The monoisotopic (exact) mass is 189 g/mol. The zero-order valence-electron chi connectivity index (χ0n) is 8.55. The molecule has 0 bridgehead atoms. The van der Waals surface area contributed by atoms with Gasteiger partial charge in [-0.05, 0) is 21.2 Å². The summed E-state index contributed by atoms with van der Waals surface area (Å²) in [6, 6.07) is 0. The van der Waals surface area contributed by atoms with Gasteiger partial charge >= 0.3 is 0 Å². The van der Waals surface area contributed by atoms with Gasteiger partial charge in [-0.1, -0.05) is 27.7 Å². The maximum Gasteiger partial charge on any atom is 0.225 e. The highest BCUT2D eigenvalue weighted by atomic mass is 31.0. The number of carbonyl (C=O) groups excluding carboxylic acids is 1. The molecule has 0 spiro atoms. The Morgan fingerprint density at radius 3 is 2.25 bits per heavy atom. The third-order valence-electron chi connectivity index (χ3n) is 1.98. The van der Waals surface area contributed by atoms with Crippen molar-refractivity contribution >= 4 is 15.3 Å². The van der Waals surface area contributed by atoms with E-state index in [-0.39, 0.29) is 11.3 Å². The fraction of sp³-hybridized carbons (Fsp3) is 0.889. The molecule has 0 saturated carbocycles. The quantitative estimate of drug-likeness (QED) is 0.536. The number of rotatable bonds is 0. The first-order valence-electron chi connectivity index (χ1n) is 4.56. The zero-order valence-corrected chi connectivity index (χ0v) is 9.71. The highest BCUT2D eigenvalue weighted by Gasteiger charge is 2.29. The number of hydrogen-bond donors (Lipinski definition) is 0. The number of piperidine rings is 1. The summed E-state index contributed by atoms with van der Waals surface area (Å²) >= 11 is 0. The van der Waals surface area contributed by atoms with Crippen LogP contribution in [0.2, 0.25) is 0 Å². The van der Waals surface area contributed by atoms with Gasteiger partial charge in [0.25, 0.3) is 0 Å². The van der Waals surface area contributed by atoms with Crippen molar-refractivity contribution in [3.05, 3.63) is 0 Å². The van der Waals surface area contributed by atoms with Crippen molar-refractivity contribution in [2.45, 2.75) is 40.5 Å². The molecule has 1 unspecified atom stereocenters. The van der Waals surface area contributed by atoms with Gasteiger partial charge in [-0.15, -0.1) is 0 Å². The number of hydrogen-bond acceptors (Lipinski definition) is 1. The topological polar surface area (TPSA) is 20.3 Å². The van der Waals surface area contributed by atoms with Gasteiger partial charge in [0, 0.05) is 13.0 Å². The minimum absolute atomic E-state index is 0.226. The van der Waals surface area contributed by atoms with Crippen molar-refractivity contribution in [3.8, 4) is 0 Å². The second-order valence-corrected chi connectivity index (χ2v) is 4.30. The van der Waals surface area contributed by atoms with Crippen LogP contribution < -0.4 is 0 Å². The third-order valence-corrected chi connectivity index (χ3v) is 2.53. The van der Waals surface area contributed by atoms with Crippen LogP contribution >= 0.6 is 9.39 Å². The number of nitrogens with zero attached hydrogens (tertiary/aromatic N) is 1. The molecular formula is C9H20NOP. The number of carbonyl (C=O) groups is 1. The average Bonchev–Trinajstić information content (AvgIpc) is 2.01. The molecule has 1 atom stereocenters. The molecule has 3 heteroatoms. The molecule has 72 valence electrons. The highest BCUT2D eigenvalue weighted by Crippen LogP contribution is 2.31. The van der Waals surface area contributed by atoms with Crippen LogP contribution in [-0.4, -0.2) is 17.1 Å². The summed E-state index contributed by atoms with van der Waals surface area (Å²) in [5.74, 6) is 0.251. The van der Waals surface area contributed by atoms with Crippen LogP contribution in [0, 0.1) is 5.41 Å². The van der Waals surface area contributed by atoms with Gasteiger partial charge in [0.15, 0.2) is 0 Å². The molecular weight excluding hydrogens is 169 g/mol. The van der Waals surface area contributed by atoms with Crippen molar-refractivity contribution in [2.75, 3.05) is 6.54 Å². The summed E-state index contributed by atoms with van der Waals surface area (Å²) in [5.41, 5.74) is 0.226. The summed E-state index contributed by atoms with van der Waals surface area (Å²) in [6.07, 6.45) is 1.80. The molecule has 12 heavy (non-hydrogen) atoms. The van der Waals surface area contributed by atoms with Crippen LogP contribution in [0.1, 0.15) is 40.5 Å². The normalized spacial score (nSPS) is 21.4. The lowest BCUT2D eigenvalue weighted by Crippen LogP contribution is -2.35. The van der Waals surface area contributed by atoms with Crippen LogP contribution in [0.15, 0.2) is 0 Å². The fourth-order valence-corrected chi connectivity index (χ4v) is 1.37. The molecule has 1 aliphatic rings. The molecule has 1 aliphatic heterocycles. The van der Waals surface area contributed by atoms with Crippen LogP contribution in [0.5, 0.6) is 0 Å². The Morgan fingerprint density at radius 1 is 1.42 bits per heavy atom. The first kappa shape index (κ1) is 11.9. The molecule has 1 saturated heterocycles. The molecule has 0 aliphatic carbocycles. The highest BCUT2D eigenvalue weighted by molar-refractivity contribution is 7.14. The molecule has 1 heterocycles. The van der Waals surface area contributed by atoms with E-state index in [1.54, 1.807) is 4.67 Å². The molecule has 1 fully saturated rings.